The second kappa shape index (κ2) is 4.15. The Morgan fingerprint density at radius 2 is 2.17 bits per heavy atom. The van der Waals surface area contributed by atoms with E-state index < -0.39 is 0 Å². The molecule has 1 unspecified atom stereocenters. The van der Waals surface area contributed by atoms with Gasteiger partial charge in [0.05, 0.1) is 36.9 Å². The van der Waals surface area contributed by atoms with Crippen LogP contribution in [-0.2, 0) is 10.2 Å². The number of fused-ring (bicyclic) bond motifs is 1. The summed E-state index contributed by atoms with van der Waals surface area (Å²) in [6.45, 7) is 3.28. The number of nitriles is 1. The van der Waals surface area contributed by atoms with E-state index in [0.29, 0.717) is 13.2 Å². The summed E-state index contributed by atoms with van der Waals surface area (Å²) in [6.07, 6.45) is 2.63. The van der Waals surface area contributed by atoms with Crippen molar-refractivity contribution >= 4 is 11.0 Å². The number of ether oxygens (including phenoxy) is 1. The first-order chi connectivity index (χ1) is 8.81. The molecule has 1 aliphatic rings. The van der Waals surface area contributed by atoms with Crippen LogP contribution in [0.2, 0.25) is 0 Å². The highest BCUT2D eigenvalue weighted by Gasteiger charge is 2.48. The van der Waals surface area contributed by atoms with Gasteiger partial charge in [0, 0.05) is 10.9 Å². The molecule has 18 heavy (non-hydrogen) atoms. The fourth-order valence-corrected chi connectivity index (χ4v) is 2.84. The molecule has 3 rings (SSSR count). The van der Waals surface area contributed by atoms with Gasteiger partial charge in [-0.05, 0) is 12.5 Å². The topological polar surface area (TPSA) is 46.2 Å². The van der Waals surface area contributed by atoms with Gasteiger partial charge in [-0.2, -0.15) is 5.26 Å². The largest absolute Gasteiger partial charge is 0.464 e. The predicted octanol–water partition coefficient (Wildman–Crippen LogP) is 3.25. The van der Waals surface area contributed by atoms with Gasteiger partial charge in [-0.25, -0.2) is 0 Å². The molecular weight excluding hydrogens is 226 g/mol. The highest BCUT2D eigenvalue weighted by molar-refractivity contribution is 5.82. The van der Waals surface area contributed by atoms with Crippen molar-refractivity contribution in [3.63, 3.8) is 0 Å². The number of para-hydroxylation sites is 1. The Morgan fingerprint density at radius 1 is 1.39 bits per heavy atom. The van der Waals surface area contributed by atoms with Crippen LogP contribution in [0.5, 0.6) is 0 Å². The van der Waals surface area contributed by atoms with E-state index >= 15 is 0 Å². The van der Waals surface area contributed by atoms with Gasteiger partial charge in [-0.15, -0.1) is 0 Å². The van der Waals surface area contributed by atoms with Crippen molar-refractivity contribution in [3.05, 3.63) is 36.1 Å². The molecule has 92 valence electrons. The first-order valence-corrected chi connectivity index (χ1v) is 6.26. The lowest BCUT2D eigenvalue weighted by Gasteiger charge is -2.44. The van der Waals surface area contributed by atoms with Crippen LogP contribution in [0.1, 0.15) is 18.9 Å². The van der Waals surface area contributed by atoms with Gasteiger partial charge in [0.1, 0.15) is 5.58 Å². The minimum Gasteiger partial charge on any atom is -0.464 e. The number of furan rings is 1. The number of hydrogen-bond donors (Lipinski definition) is 0. The summed E-state index contributed by atoms with van der Waals surface area (Å²) in [5, 5.41) is 10.5. The Bertz CT molecular complexity index is 604. The van der Waals surface area contributed by atoms with Crippen molar-refractivity contribution in [2.45, 2.75) is 18.8 Å². The summed E-state index contributed by atoms with van der Waals surface area (Å²) in [5.41, 5.74) is 1.82. The van der Waals surface area contributed by atoms with Crippen LogP contribution >= 0.6 is 0 Å². The van der Waals surface area contributed by atoms with Gasteiger partial charge >= 0.3 is 0 Å². The quantitative estimate of drug-likeness (QED) is 0.828. The summed E-state index contributed by atoms with van der Waals surface area (Å²) in [6, 6.07) is 10.4. The molecule has 1 aromatic heterocycles. The van der Waals surface area contributed by atoms with Gasteiger partial charge in [-0.1, -0.05) is 25.1 Å². The number of rotatable bonds is 3. The van der Waals surface area contributed by atoms with E-state index in [-0.39, 0.29) is 11.3 Å². The van der Waals surface area contributed by atoms with E-state index in [1.165, 1.54) is 0 Å². The molecule has 0 N–H and O–H groups in total. The molecule has 0 amide bonds. The molecule has 1 atom stereocenters. The van der Waals surface area contributed by atoms with E-state index in [0.717, 1.165) is 23.0 Å². The lowest BCUT2D eigenvalue weighted by atomic mass is 9.68. The summed E-state index contributed by atoms with van der Waals surface area (Å²) in [4.78, 5) is 0. The lowest BCUT2D eigenvalue weighted by molar-refractivity contribution is -0.0800. The predicted molar refractivity (Wildman–Crippen MR) is 68.1 cm³/mol. The lowest BCUT2D eigenvalue weighted by Crippen LogP contribution is -2.51. The van der Waals surface area contributed by atoms with Crippen LogP contribution in [0, 0.1) is 17.2 Å². The Morgan fingerprint density at radius 3 is 2.78 bits per heavy atom. The third-order valence-electron chi connectivity index (χ3n) is 3.97. The van der Waals surface area contributed by atoms with Crippen LogP contribution in [0.25, 0.3) is 11.0 Å². The molecule has 1 saturated heterocycles. The molecule has 0 bridgehead atoms. The SMILES string of the molecule is CCC(C#N)C1(c2coc3ccccc23)COC1. The van der Waals surface area contributed by atoms with Crippen molar-refractivity contribution in [1.29, 1.82) is 5.26 Å². The van der Waals surface area contributed by atoms with Gasteiger partial charge in [0.2, 0.25) is 0 Å². The maximum atomic E-state index is 9.36. The molecule has 3 heteroatoms. The Hall–Kier alpha value is -1.79. The second-order valence-corrected chi connectivity index (χ2v) is 4.88. The second-order valence-electron chi connectivity index (χ2n) is 4.88. The highest BCUT2D eigenvalue weighted by Crippen LogP contribution is 2.44. The normalized spacial score (nSPS) is 19.1. The van der Waals surface area contributed by atoms with Crippen molar-refractivity contribution < 1.29 is 9.15 Å². The maximum Gasteiger partial charge on any atom is 0.134 e. The molecule has 1 fully saturated rings. The van der Waals surface area contributed by atoms with Crippen molar-refractivity contribution in [2.75, 3.05) is 13.2 Å². The van der Waals surface area contributed by atoms with Crippen molar-refractivity contribution in [2.24, 2.45) is 5.92 Å². The number of benzene rings is 1. The summed E-state index contributed by atoms with van der Waals surface area (Å²) < 4.78 is 11.0. The molecule has 3 nitrogen and oxygen atoms in total. The van der Waals surface area contributed by atoms with Crippen LogP contribution in [-0.4, -0.2) is 13.2 Å². The van der Waals surface area contributed by atoms with Crippen molar-refractivity contribution in [3.8, 4) is 6.07 Å². The van der Waals surface area contributed by atoms with E-state index in [9.17, 15) is 5.26 Å². The minimum atomic E-state index is -0.184. The van der Waals surface area contributed by atoms with Gasteiger partial charge < -0.3 is 9.15 Å². The summed E-state index contributed by atoms with van der Waals surface area (Å²) in [5.74, 6) is -0.0211. The molecule has 0 saturated carbocycles. The zero-order chi connectivity index (χ0) is 12.6. The first kappa shape index (κ1) is 11.3. The van der Waals surface area contributed by atoms with Crippen LogP contribution in [0.15, 0.2) is 34.9 Å². The summed E-state index contributed by atoms with van der Waals surface area (Å²) >= 11 is 0. The molecule has 2 heterocycles. The number of nitrogens with zero attached hydrogens (tertiary/aromatic N) is 1. The highest BCUT2D eigenvalue weighted by atomic mass is 16.5. The van der Waals surface area contributed by atoms with Crippen LogP contribution in [0.3, 0.4) is 0 Å². The zero-order valence-electron chi connectivity index (χ0n) is 10.3. The zero-order valence-corrected chi connectivity index (χ0v) is 10.3. The van der Waals surface area contributed by atoms with E-state index in [2.05, 4.69) is 19.1 Å². The molecule has 1 aliphatic heterocycles. The van der Waals surface area contributed by atoms with Gasteiger partial charge in [-0.3, -0.25) is 0 Å². The maximum absolute atomic E-state index is 9.36. The minimum absolute atomic E-state index is 0.0211. The third kappa shape index (κ3) is 1.39. The van der Waals surface area contributed by atoms with Crippen molar-refractivity contribution in [1.82, 2.24) is 0 Å². The van der Waals surface area contributed by atoms with Crippen LogP contribution < -0.4 is 0 Å². The average molecular weight is 241 g/mol. The first-order valence-electron chi connectivity index (χ1n) is 6.26. The molecule has 0 spiro atoms. The van der Waals surface area contributed by atoms with Gasteiger partial charge in [0.25, 0.3) is 0 Å². The monoisotopic (exact) mass is 241 g/mol. The molecule has 0 aliphatic carbocycles. The molecule has 0 radical (unpaired) electrons. The summed E-state index contributed by atoms with van der Waals surface area (Å²) in [7, 11) is 0. The van der Waals surface area contributed by atoms with E-state index in [1.807, 2.05) is 18.2 Å². The molecule has 2 aromatic rings. The van der Waals surface area contributed by atoms with E-state index in [1.54, 1.807) is 6.26 Å². The average Bonchev–Trinajstić information content (AvgIpc) is 2.78. The molecule has 1 aromatic carbocycles. The van der Waals surface area contributed by atoms with E-state index in [4.69, 9.17) is 9.15 Å². The van der Waals surface area contributed by atoms with Gasteiger partial charge in [0.15, 0.2) is 0 Å². The Kier molecular flexibility index (Phi) is 2.61. The Labute approximate surface area is 106 Å². The fourth-order valence-electron chi connectivity index (χ4n) is 2.84. The molecular formula is C15H15NO2. The Balaban J connectivity index is 2.15. The third-order valence-corrected chi connectivity index (χ3v) is 3.97. The number of hydrogen-bond acceptors (Lipinski definition) is 3. The standard InChI is InChI=1S/C15H15NO2/c1-2-11(7-16)15(9-17-10-15)13-8-18-14-6-4-3-5-12(13)14/h3-6,8,11H,2,9-10H2,1H3. The van der Waals surface area contributed by atoms with Crippen LogP contribution in [0.4, 0.5) is 0 Å². The smallest absolute Gasteiger partial charge is 0.134 e. The fraction of sp³-hybridized carbons (Fsp3) is 0.400.